The molecule has 1 amide bonds. The van der Waals surface area contributed by atoms with Crippen LogP contribution in [0.1, 0.15) is 24.5 Å². The van der Waals surface area contributed by atoms with Crippen LogP contribution in [0, 0.1) is 0 Å². The Kier molecular flexibility index (Phi) is 8.37. The van der Waals surface area contributed by atoms with Crippen molar-refractivity contribution in [3.05, 3.63) is 52.2 Å². The fraction of sp³-hybridized carbons (Fsp3) is 0.368. The van der Waals surface area contributed by atoms with Gasteiger partial charge in [0, 0.05) is 18.8 Å². The number of guanidine groups is 1. The highest BCUT2D eigenvalue weighted by molar-refractivity contribution is 14.0. The second-order valence-corrected chi connectivity index (χ2v) is 6.74. The van der Waals surface area contributed by atoms with Crippen LogP contribution >= 0.6 is 35.3 Å². The van der Waals surface area contributed by atoms with Gasteiger partial charge in [-0.05, 0) is 53.8 Å². The molecule has 1 aromatic carbocycles. The Morgan fingerprint density at radius 3 is 2.88 bits per heavy atom. The summed E-state index contributed by atoms with van der Waals surface area (Å²) < 4.78 is 0. The average Bonchev–Trinajstić information content (AvgIpc) is 3.17. The number of nitrogens with one attached hydrogen (secondary N) is 2. The van der Waals surface area contributed by atoms with Crippen molar-refractivity contribution in [1.82, 2.24) is 10.6 Å². The van der Waals surface area contributed by atoms with E-state index in [1.54, 1.807) is 11.3 Å². The van der Waals surface area contributed by atoms with E-state index in [9.17, 15) is 4.79 Å². The molecule has 0 saturated heterocycles. The van der Waals surface area contributed by atoms with Crippen LogP contribution in [0.3, 0.4) is 0 Å². The minimum Gasteiger partial charge on any atom is -0.357 e. The fourth-order valence-corrected chi connectivity index (χ4v) is 3.60. The zero-order chi connectivity index (χ0) is 17.5. The van der Waals surface area contributed by atoms with Gasteiger partial charge in [-0.25, -0.2) is 4.99 Å². The highest BCUT2D eigenvalue weighted by Crippen LogP contribution is 2.26. The summed E-state index contributed by atoms with van der Waals surface area (Å²) in [6, 6.07) is 10.2. The Labute approximate surface area is 175 Å². The summed E-state index contributed by atoms with van der Waals surface area (Å²) in [5.74, 6) is 0.751. The molecule has 5 nitrogen and oxygen atoms in total. The van der Waals surface area contributed by atoms with Gasteiger partial charge in [-0.15, -0.1) is 24.0 Å². The third-order valence-corrected chi connectivity index (χ3v) is 4.89. The molecule has 0 fully saturated rings. The van der Waals surface area contributed by atoms with Crippen LogP contribution in [0.5, 0.6) is 0 Å². The summed E-state index contributed by atoms with van der Waals surface area (Å²) in [7, 11) is 0. The molecule has 0 aliphatic carbocycles. The SMILES string of the molecule is CCNC(=NCc1ccsc1)NCC(=O)N1CCCc2ccccc21.I. The second-order valence-electron chi connectivity index (χ2n) is 5.96. The monoisotopic (exact) mass is 484 g/mol. The molecule has 140 valence electrons. The molecule has 2 aromatic rings. The van der Waals surface area contributed by atoms with Gasteiger partial charge in [-0.1, -0.05) is 18.2 Å². The van der Waals surface area contributed by atoms with Crippen LogP contribution in [-0.2, 0) is 17.8 Å². The number of aliphatic imine (C=N–C) groups is 1. The summed E-state index contributed by atoms with van der Waals surface area (Å²) in [6.07, 6.45) is 2.05. The number of thiophene rings is 1. The van der Waals surface area contributed by atoms with Crippen molar-refractivity contribution in [2.75, 3.05) is 24.5 Å². The lowest BCUT2D eigenvalue weighted by Crippen LogP contribution is -2.46. The van der Waals surface area contributed by atoms with Gasteiger partial charge in [0.1, 0.15) is 0 Å². The molecule has 0 saturated carbocycles. The number of amides is 1. The van der Waals surface area contributed by atoms with Crippen molar-refractivity contribution < 1.29 is 4.79 Å². The highest BCUT2D eigenvalue weighted by Gasteiger charge is 2.21. The molecule has 0 atom stereocenters. The first-order chi connectivity index (χ1) is 12.3. The minimum absolute atomic E-state index is 0. The van der Waals surface area contributed by atoms with Gasteiger partial charge in [0.15, 0.2) is 5.96 Å². The number of hydrogen-bond acceptors (Lipinski definition) is 3. The first kappa shape index (κ1) is 20.7. The first-order valence-corrected chi connectivity index (χ1v) is 9.63. The van der Waals surface area contributed by atoms with Crippen molar-refractivity contribution >= 4 is 52.9 Å². The van der Waals surface area contributed by atoms with E-state index in [1.807, 2.05) is 35.4 Å². The number of nitrogens with zero attached hydrogens (tertiary/aromatic N) is 2. The number of benzene rings is 1. The maximum atomic E-state index is 12.7. The summed E-state index contributed by atoms with van der Waals surface area (Å²) in [5, 5.41) is 10.5. The molecular formula is C19H25IN4OS. The number of anilines is 1. The maximum Gasteiger partial charge on any atom is 0.246 e. The van der Waals surface area contributed by atoms with Gasteiger partial charge < -0.3 is 15.5 Å². The van der Waals surface area contributed by atoms with Crippen molar-refractivity contribution in [1.29, 1.82) is 0 Å². The zero-order valence-corrected chi connectivity index (χ0v) is 18.1. The van der Waals surface area contributed by atoms with E-state index >= 15 is 0 Å². The Morgan fingerprint density at radius 2 is 2.12 bits per heavy atom. The molecule has 0 unspecified atom stereocenters. The van der Waals surface area contributed by atoms with Crippen LogP contribution in [-0.4, -0.2) is 31.5 Å². The van der Waals surface area contributed by atoms with Gasteiger partial charge in [-0.3, -0.25) is 4.79 Å². The van der Waals surface area contributed by atoms with E-state index in [0.29, 0.717) is 12.5 Å². The lowest BCUT2D eigenvalue weighted by molar-refractivity contribution is -0.117. The molecule has 7 heteroatoms. The largest absolute Gasteiger partial charge is 0.357 e. The number of carbonyl (C=O) groups is 1. The molecule has 26 heavy (non-hydrogen) atoms. The molecule has 2 heterocycles. The molecule has 0 spiro atoms. The number of aryl methyl sites for hydroxylation is 1. The quantitative estimate of drug-likeness (QED) is 0.389. The molecule has 1 aromatic heterocycles. The van der Waals surface area contributed by atoms with Crippen LogP contribution in [0.15, 0.2) is 46.1 Å². The van der Waals surface area contributed by atoms with E-state index in [2.05, 4.69) is 33.1 Å². The molecule has 0 radical (unpaired) electrons. The summed E-state index contributed by atoms with van der Waals surface area (Å²) in [4.78, 5) is 19.1. The maximum absolute atomic E-state index is 12.7. The van der Waals surface area contributed by atoms with Crippen LogP contribution in [0.4, 0.5) is 5.69 Å². The molecule has 0 bridgehead atoms. The number of rotatable bonds is 5. The number of hydrogen-bond donors (Lipinski definition) is 2. The molecule has 2 N–H and O–H groups in total. The van der Waals surface area contributed by atoms with Crippen molar-refractivity contribution in [2.24, 2.45) is 4.99 Å². The minimum atomic E-state index is 0. The third kappa shape index (κ3) is 5.44. The van der Waals surface area contributed by atoms with Gasteiger partial charge in [0.2, 0.25) is 5.91 Å². The topological polar surface area (TPSA) is 56.7 Å². The van der Waals surface area contributed by atoms with Gasteiger partial charge in [0.25, 0.3) is 0 Å². The molecule has 1 aliphatic heterocycles. The van der Waals surface area contributed by atoms with Gasteiger partial charge in [-0.2, -0.15) is 11.3 Å². The number of fused-ring (bicyclic) bond motifs is 1. The van der Waals surface area contributed by atoms with E-state index in [-0.39, 0.29) is 36.4 Å². The smallest absolute Gasteiger partial charge is 0.246 e. The first-order valence-electron chi connectivity index (χ1n) is 8.69. The third-order valence-electron chi connectivity index (χ3n) is 4.16. The van der Waals surface area contributed by atoms with E-state index in [0.717, 1.165) is 31.6 Å². The Hall–Kier alpha value is -1.61. The Balaban J connectivity index is 0.00000243. The van der Waals surface area contributed by atoms with E-state index in [4.69, 9.17) is 0 Å². The lowest BCUT2D eigenvalue weighted by atomic mass is 10.0. The fourth-order valence-electron chi connectivity index (χ4n) is 2.94. The van der Waals surface area contributed by atoms with Crippen LogP contribution in [0.25, 0.3) is 0 Å². The van der Waals surface area contributed by atoms with Crippen molar-refractivity contribution in [2.45, 2.75) is 26.3 Å². The zero-order valence-electron chi connectivity index (χ0n) is 14.9. The summed E-state index contributed by atoms with van der Waals surface area (Å²) in [6.45, 7) is 4.41. The molecule has 3 rings (SSSR count). The summed E-state index contributed by atoms with van der Waals surface area (Å²) in [5.41, 5.74) is 3.47. The predicted molar refractivity (Wildman–Crippen MR) is 120 cm³/mol. The average molecular weight is 484 g/mol. The number of para-hydroxylation sites is 1. The molecular weight excluding hydrogens is 459 g/mol. The Bertz CT molecular complexity index is 733. The van der Waals surface area contributed by atoms with Crippen molar-refractivity contribution in [3.63, 3.8) is 0 Å². The Morgan fingerprint density at radius 1 is 1.27 bits per heavy atom. The normalized spacial score (nSPS) is 13.6. The predicted octanol–water partition coefficient (Wildman–Crippen LogP) is 3.40. The van der Waals surface area contributed by atoms with Gasteiger partial charge in [0.05, 0.1) is 13.1 Å². The number of halogens is 1. The highest BCUT2D eigenvalue weighted by atomic mass is 127. The van der Waals surface area contributed by atoms with Crippen LogP contribution < -0.4 is 15.5 Å². The van der Waals surface area contributed by atoms with Crippen molar-refractivity contribution in [3.8, 4) is 0 Å². The standard InChI is InChI=1S/C19H24N4OS.HI/c1-2-20-19(21-12-15-9-11-25-14-15)22-13-18(24)23-10-5-7-16-6-3-4-8-17(16)23;/h3-4,6,8-9,11,14H,2,5,7,10,12-13H2,1H3,(H2,20,21,22);1H. The lowest BCUT2D eigenvalue weighted by Gasteiger charge is -2.29. The second kappa shape index (κ2) is 10.5. The molecule has 1 aliphatic rings. The van der Waals surface area contributed by atoms with Crippen LogP contribution in [0.2, 0.25) is 0 Å². The van der Waals surface area contributed by atoms with E-state index in [1.165, 1.54) is 11.1 Å². The summed E-state index contributed by atoms with van der Waals surface area (Å²) >= 11 is 1.66. The number of carbonyl (C=O) groups excluding carboxylic acids is 1. The van der Waals surface area contributed by atoms with E-state index < -0.39 is 0 Å². The van der Waals surface area contributed by atoms with Gasteiger partial charge >= 0.3 is 0 Å².